The third-order valence-electron chi connectivity index (χ3n) is 9.94. The highest BCUT2D eigenvalue weighted by Crippen LogP contribution is 2.56. The summed E-state index contributed by atoms with van der Waals surface area (Å²) in [7, 11) is 0. The molecule has 2 fully saturated rings. The number of anilines is 1. The van der Waals surface area contributed by atoms with Crippen LogP contribution in [0.15, 0.2) is 77.2 Å². The number of hydrogen-bond donors (Lipinski definition) is 4. The smallest absolute Gasteiger partial charge is 0.264 e. The summed E-state index contributed by atoms with van der Waals surface area (Å²) in [6, 6.07) is 19.0. The van der Waals surface area contributed by atoms with Crippen molar-refractivity contribution in [2.75, 3.05) is 18.8 Å². The summed E-state index contributed by atoms with van der Waals surface area (Å²) in [4.78, 5) is 43.9. The third kappa shape index (κ3) is 5.53. The largest absolute Gasteiger partial charge is 0.457 e. The van der Waals surface area contributed by atoms with E-state index in [0.29, 0.717) is 65.1 Å². The average molecular weight is 663 g/mol. The zero-order valence-corrected chi connectivity index (χ0v) is 27.5. The monoisotopic (exact) mass is 662 g/mol. The van der Waals surface area contributed by atoms with Crippen LogP contribution >= 0.6 is 11.8 Å². The molecule has 4 aliphatic rings. The van der Waals surface area contributed by atoms with Crippen molar-refractivity contribution in [1.29, 1.82) is 5.26 Å². The van der Waals surface area contributed by atoms with Crippen LogP contribution in [0.4, 0.5) is 5.69 Å². The Kier molecular flexibility index (Phi) is 8.27. The maximum atomic E-state index is 14.4. The van der Waals surface area contributed by atoms with Crippen LogP contribution in [0, 0.1) is 24.2 Å². The SMILES string of the molecule is Cc1ccc(Oc2ccccc2)cc1C1(N)C(=O)C(N)C2c3c1ccc(N)c3SC2C(=O)NC1CCCN(C(=O)/C(C#N)=C/C2CC2)C1. The Morgan fingerprint density at radius 3 is 2.58 bits per heavy atom. The summed E-state index contributed by atoms with van der Waals surface area (Å²) >= 11 is 1.30. The van der Waals surface area contributed by atoms with Crippen LogP contribution in [0.5, 0.6) is 11.5 Å². The first-order chi connectivity index (χ1) is 23.1. The van der Waals surface area contributed by atoms with Gasteiger partial charge in [-0.3, -0.25) is 14.4 Å². The van der Waals surface area contributed by atoms with Crippen molar-refractivity contribution in [1.82, 2.24) is 10.2 Å². The highest BCUT2D eigenvalue weighted by atomic mass is 32.2. The molecule has 5 unspecified atom stereocenters. The molecule has 246 valence electrons. The van der Waals surface area contributed by atoms with Crippen molar-refractivity contribution in [3.8, 4) is 17.6 Å². The van der Waals surface area contributed by atoms with E-state index in [-0.39, 0.29) is 23.4 Å². The quantitative estimate of drug-likeness (QED) is 0.165. The van der Waals surface area contributed by atoms with E-state index < -0.39 is 28.5 Å². The number of thioether (sulfide) groups is 1. The van der Waals surface area contributed by atoms with E-state index in [4.69, 9.17) is 21.9 Å². The predicted octanol–water partition coefficient (Wildman–Crippen LogP) is 4.01. The van der Waals surface area contributed by atoms with E-state index in [2.05, 4.69) is 11.4 Å². The van der Waals surface area contributed by atoms with Crippen LogP contribution in [0.25, 0.3) is 0 Å². The Labute approximate surface area is 283 Å². The van der Waals surface area contributed by atoms with Crippen LogP contribution < -0.4 is 27.3 Å². The molecule has 7 N–H and O–H groups in total. The lowest BCUT2D eigenvalue weighted by Gasteiger charge is -2.42. The zero-order chi connectivity index (χ0) is 33.7. The van der Waals surface area contributed by atoms with Crippen molar-refractivity contribution in [2.45, 2.75) is 66.3 Å². The Hall–Kier alpha value is -4.63. The van der Waals surface area contributed by atoms with Crippen LogP contribution in [-0.4, -0.2) is 52.9 Å². The molecule has 0 radical (unpaired) electrons. The van der Waals surface area contributed by atoms with Gasteiger partial charge in [-0.25, -0.2) is 0 Å². The van der Waals surface area contributed by atoms with Gasteiger partial charge in [0.05, 0.1) is 11.3 Å². The van der Waals surface area contributed by atoms with E-state index in [1.54, 1.807) is 29.2 Å². The Balaban J connectivity index is 1.16. The van der Waals surface area contributed by atoms with Gasteiger partial charge in [0.15, 0.2) is 5.78 Å². The predicted molar refractivity (Wildman–Crippen MR) is 183 cm³/mol. The van der Waals surface area contributed by atoms with Gasteiger partial charge in [-0.2, -0.15) is 5.26 Å². The number of nitrogens with one attached hydrogen (secondary N) is 1. The number of para-hydroxylation sites is 1. The van der Waals surface area contributed by atoms with Gasteiger partial charge in [0.2, 0.25) is 5.91 Å². The van der Waals surface area contributed by atoms with Gasteiger partial charge in [0.1, 0.15) is 28.7 Å². The number of allylic oxidation sites excluding steroid dienone is 1. The van der Waals surface area contributed by atoms with Crippen molar-refractivity contribution in [3.05, 3.63) is 94.6 Å². The number of piperidine rings is 1. The molecule has 3 aromatic rings. The lowest BCUT2D eigenvalue weighted by atomic mass is 9.64. The first kappa shape index (κ1) is 31.9. The molecule has 0 bridgehead atoms. The standard InChI is InChI=1S/C37H38N6O4S/c1-20-9-12-25(47-24-7-3-2-4-8-24)17-27(20)37(41)26-13-14-28(39)32-29(26)30(31(40)34(37)44)33(48-32)35(45)42-23-6-5-15-43(19-23)36(46)22(18-38)16-21-10-11-21/h2-4,7-9,12-14,16-17,21,23,30-31,33H,5-6,10-11,15,19,39-41H2,1H3,(H,42,45)/b22-16+. The van der Waals surface area contributed by atoms with Crippen LogP contribution in [-0.2, 0) is 19.9 Å². The number of nitriles is 1. The second-order valence-electron chi connectivity index (χ2n) is 13.2. The molecule has 2 amide bonds. The summed E-state index contributed by atoms with van der Waals surface area (Å²) in [5.41, 5.74) is 22.2. The number of nitrogens with zero attached hydrogens (tertiary/aromatic N) is 2. The van der Waals surface area contributed by atoms with Gasteiger partial charge in [0.25, 0.3) is 5.91 Å². The first-order valence-corrected chi connectivity index (χ1v) is 17.2. The molecular formula is C37H38N6O4S. The molecule has 2 aliphatic carbocycles. The minimum atomic E-state index is -1.60. The highest BCUT2D eigenvalue weighted by Gasteiger charge is 2.57. The van der Waals surface area contributed by atoms with Gasteiger partial charge in [0, 0.05) is 35.6 Å². The van der Waals surface area contributed by atoms with Crippen molar-refractivity contribution < 1.29 is 19.1 Å². The summed E-state index contributed by atoms with van der Waals surface area (Å²) in [6.45, 7) is 2.72. The number of amides is 2. The highest BCUT2D eigenvalue weighted by molar-refractivity contribution is 8.01. The Morgan fingerprint density at radius 1 is 1.08 bits per heavy atom. The minimum absolute atomic E-state index is 0.165. The number of likely N-dealkylation sites (tertiary alicyclic amines) is 1. The topological polar surface area (TPSA) is 178 Å². The van der Waals surface area contributed by atoms with Gasteiger partial charge < -0.3 is 32.2 Å². The molecule has 2 aliphatic heterocycles. The molecule has 10 nitrogen and oxygen atoms in total. The molecule has 1 saturated heterocycles. The number of benzene rings is 3. The second-order valence-corrected chi connectivity index (χ2v) is 14.4. The van der Waals surface area contributed by atoms with E-state index in [9.17, 15) is 19.6 Å². The number of carbonyl (C=O) groups excluding carboxylic acids is 3. The van der Waals surface area contributed by atoms with Crippen LogP contribution in [0.3, 0.4) is 0 Å². The zero-order valence-electron chi connectivity index (χ0n) is 26.6. The molecule has 5 atom stereocenters. The summed E-state index contributed by atoms with van der Waals surface area (Å²) in [6.07, 6.45) is 5.14. The number of hydrogen-bond acceptors (Lipinski definition) is 9. The molecule has 7 rings (SSSR count). The number of rotatable bonds is 7. The lowest BCUT2D eigenvalue weighted by molar-refractivity contribution is -0.130. The number of aryl methyl sites for hydroxylation is 1. The Bertz CT molecular complexity index is 1890. The second kappa shape index (κ2) is 12.4. The van der Waals surface area contributed by atoms with Gasteiger partial charge in [-0.1, -0.05) is 36.4 Å². The molecule has 0 aromatic heterocycles. The number of nitrogen functional groups attached to an aromatic ring is 1. The molecule has 0 spiro atoms. The molecule has 48 heavy (non-hydrogen) atoms. The maximum absolute atomic E-state index is 14.4. The van der Waals surface area contributed by atoms with Crippen molar-refractivity contribution in [3.63, 3.8) is 0 Å². The molecule has 2 heterocycles. The van der Waals surface area contributed by atoms with Gasteiger partial charge in [-0.15, -0.1) is 11.8 Å². The fraction of sp³-hybridized carbons (Fsp3) is 0.351. The van der Waals surface area contributed by atoms with Gasteiger partial charge >= 0.3 is 0 Å². The fourth-order valence-electron chi connectivity index (χ4n) is 7.30. The normalized spacial score (nSPS) is 26.4. The van der Waals surface area contributed by atoms with E-state index in [1.165, 1.54) is 11.8 Å². The first-order valence-electron chi connectivity index (χ1n) is 16.3. The number of nitrogens with two attached hydrogens (primary N) is 3. The third-order valence-corrected chi connectivity index (χ3v) is 11.4. The van der Waals surface area contributed by atoms with Crippen LogP contribution in [0.2, 0.25) is 0 Å². The number of ether oxygens (including phenoxy) is 1. The average Bonchev–Trinajstić information content (AvgIpc) is 3.83. The van der Waals surface area contributed by atoms with E-state index in [1.807, 2.05) is 49.4 Å². The fourth-order valence-corrected chi connectivity index (χ4v) is 8.76. The molecule has 1 saturated carbocycles. The Morgan fingerprint density at radius 2 is 1.85 bits per heavy atom. The molecular weight excluding hydrogens is 625 g/mol. The minimum Gasteiger partial charge on any atom is -0.457 e. The number of carbonyl (C=O) groups is 3. The van der Waals surface area contributed by atoms with Crippen LogP contribution in [0.1, 0.15) is 53.9 Å². The number of Topliss-reactive ketones (excluding diaryl/α,β-unsaturated/α-hetero) is 1. The lowest BCUT2D eigenvalue weighted by Crippen LogP contribution is -2.61. The summed E-state index contributed by atoms with van der Waals surface area (Å²) in [5, 5.41) is 12.0. The summed E-state index contributed by atoms with van der Waals surface area (Å²) in [5.74, 6) is -0.138. The molecule has 3 aromatic carbocycles. The van der Waals surface area contributed by atoms with Crippen molar-refractivity contribution >= 4 is 35.0 Å². The van der Waals surface area contributed by atoms with Crippen molar-refractivity contribution in [2.24, 2.45) is 17.4 Å². The van der Waals surface area contributed by atoms with E-state index >= 15 is 0 Å². The summed E-state index contributed by atoms with van der Waals surface area (Å²) < 4.78 is 6.10. The van der Waals surface area contributed by atoms with E-state index in [0.717, 1.165) is 24.0 Å². The maximum Gasteiger partial charge on any atom is 0.264 e. The molecule has 11 heteroatoms. The number of ketones is 1. The van der Waals surface area contributed by atoms with Gasteiger partial charge in [-0.05, 0) is 91.1 Å².